The number of carbonyl (C=O) groups excluding carboxylic acids is 1. The number of hydrogen-bond donors (Lipinski definition) is 1. The maximum absolute atomic E-state index is 14.9. The van der Waals surface area contributed by atoms with Crippen molar-refractivity contribution in [2.24, 2.45) is 10.7 Å². The fraction of sp³-hybridized carbons (Fsp3) is 0.375. The minimum Gasteiger partial charge on any atom is -0.378 e. The molecule has 1 fully saturated rings. The van der Waals surface area contributed by atoms with Gasteiger partial charge in [-0.15, -0.1) is 0 Å². The Bertz CT molecular complexity index is 1260. The summed E-state index contributed by atoms with van der Waals surface area (Å²) in [5.74, 6) is -1.80. The summed E-state index contributed by atoms with van der Waals surface area (Å²) in [5.41, 5.74) is 5.42. The van der Waals surface area contributed by atoms with Crippen LogP contribution in [0.1, 0.15) is 49.1 Å². The number of aliphatic imine (C=N–C) groups is 1. The average Bonchev–Trinajstić information content (AvgIpc) is 3.25. The van der Waals surface area contributed by atoms with Crippen LogP contribution >= 0.6 is 11.8 Å². The summed E-state index contributed by atoms with van der Waals surface area (Å²) in [7, 11) is 0. The molecule has 0 spiro atoms. The van der Waals surface area contributed by atoms with Crippen LogP contribution in [0.25, 0.3) is 11.9 Å². The number of rotatable bonds is 4. The van der Waals surface area contributed by atoms with Gasteiger partial charge in [-0.3, -0.25) is 14.8 Å². The first-order valence-corrected chi connectivity index (χ1v) is 11.7. The zero-order valence-electron chi connectivity index (χ0n) is 19.1. The first-order chi connectivity index (χ1) is 16.5. The van der Waals surface area contributed by atoms with E-state index in [0.717, 1.165) is 17.8 Å². The molecule has 4 heterocycles. The zero-order chi connectivity index (χ0) is 25.4. The highest BCUT2D eigenvalue weighted by Crippen LogP contribution is 2.47. The lowest BCUT2D eigenvalue weighted by atomic mass is 9.82. The monoisotopic (exact) mass is 500 g/mol. The minimum atomic E-state index is -1.27. The van der Waals surface area contributed by atoms with E-state index in [-0.39, 0.29) is 47.3 Å². The van der Waals surface area contributed by atoms with Crippen molar-refractivity contribution in [1.82, 2.24) is 14.9 Å². The van der Waals surface area contributed by atoms with Gasteiger partial charge < -0.3 is 10.6 Å². The van der Waals surface area contributed by atoms with Gasteiger partial charge in [0.05, 0.1) is 23.3 Å². The summed E-state index contributed by atoms with van der Waals surface area (Å²) in [6.45, 7) is 3.65. The molecule has 1 amide bonds. The summed E-state index contributed by atoms with van der Waals surface area (Å²) in [5, 5.41) is 8.96. The van der Waals surface area contributed by atoms with E-state index in [1.165, 1.54) is 35.5 Å². The summed E-state index contributed by atoms with van der Waals surface area (Å²) in [6, 6.07) is 6.12. The number of amides is 1. The van der Waals surface area contributed by atoms with E-state index in [4.69, 9.17) is 11.0 Å². The Balaban J connectivity index is 1.66. The third-order valence-electron chi connectivity index (χ3n) is 6.11. The van der Waals surface area contributed by atoms with Gasteiger partial charge in [-0.1, -0.05) is 11.8 Å². The highest BCUT2D eigenvalue weighted by Gasteiger charge is 2.50. The first kappa shape index (κ1) is 24.7. The molecule has 0 saturated carbocycles. The lowest BCUT2D eigenvalue weighted by Crippen LogP contribution is -2.51. The number of hydrogen-bond acceptors (Lipinski definition) is 7. The largest absolute Gasteiger partial charge is 0.378 e. The number of pyridine rings is 2. The third-order valence-corrected chi connectivity index (χ3v) is 7.18. The van der Waals surface area contributed by atoms with Gasteiger partial charge in [0.25, 0.3) is 0 Å². The number of nitrogens with zero attached hydrogens (tertiary/aromatic N) is 5. The molecule has 7 nitrogen and oxygen atoms in total. The van der Waals surface area contributed by atoms with Crippen molar-refractivity contribution < 1.29 is 18.0 Å². The number of carbonyl (C=O) groups is 1. The van der Waals surface area contributed by atoms with Crippen LogP contribution in [-0.4, -0.2) is 50.0 Å². The number of nitrogens with two attached hydrogens (primary N) is 1. The van der Waals surface area contributed by atoms with Gasteiger partial charge >= 0.3 is 0 Å². The Labute approximate surface area is 205 Å². The van der Waals surface area contributed by atoms with Crippen LogP contribution in [0.3, 0.4) is 0 Å². The summed E-state index contributed by atoms with van der Waals surface area (Å²) < 4.78 is 42.4. The number of halogens is 3. The molecule has 0 aliphatic carbocycles. The maximum Gasteiger partial charge on any atom is 0.239 e. The molecule has 1 saturated heterocycles. The van der Waals surface area contributed by atoms with Crippen LogP contribution < -0.4 is 5.73 Å². The lowest BCUT2D eigenvalue weighted by Gasteiger charge is -2.41. The smallest absolute Gasteiger partial charge is 0.239 e. The van der Waals surface area contributed by atoms with Crippen molar-refractivity contribution >= 4 is 34.7 Å². The van der Waals surface area contributed by atoms with E-state index in [0.29, 0.717) is 12.1 Å². The second kappa shape index (κ2) is 9.34. The fourth-order valence-corrected chi connectivity index (χ4v) is 5.76. The molecule has 35 heavy (non-hydrogen) atoms. The third kappa shape index (κ3) is 5.03. The van der Waals surface area contributed by atoms with Crippen LogP contribution in [0.5, 0.6) is 0 Å². The zero-order valence-corrected chi connectivity index (χ0v) is 20.0. The Morgan fingerprint density at radius 1 is 1.34 bits per heavy atom. The van der Waals surface area contributed by atoms with E-state index < -0.39 is 28.2 Å². The normalized spacial score (nSPS) is 26.9. The molecule has 0 unspecified atom stereocenters. The number of thioether (sulfide) groups is 1. The maximum atomic E-state index is 14.9. The quantitative estimate of drug-likeness (QED) is 0.637. The molecule has 2 aliphatic rings. The average molecular weight is 501 g/mol. The van der Waals surface area contributed by atoms with Crippen molar-refractivity contribution in [3.63, 3.8) is 0 Å². The van der Waals surface area contributed by atoms with Gasteiger partial charge in [0, 0.05) is 30.9 Å². The minimum absolute atomic E-state index is 0.00682. The molecule has 4 rings (SSSR count). The van der Waals surface area contributed by atoms with Gasteiger partial charge in [0.15, 0.2) is 5.17 Å². The van der Waals surface area contributed by atoms with Gasteiger partial charge in [-0.25, -0.2) is 13.8 Å². The van der Waals surface area contributed by atoms with E-state index in [9.17, 15) is 18.0 Å². The molecule has 3 atom stereocenters. The van der Waals surface area contributed by atoms with Crippen LogP contribution in [0, 0.1) is 17.3 Å². The molecule has 2 aliphatic heterocycles. The molecular formula is C24H23F3N6OS. The van der Waals surface area contributed by atoms with E-state index in [1.807, 2.05) is 6.07 Å². The summed E-state index contributed by atoms with van der Waals surface area (Å²) in [4.78, 5) is 26.9. The molecule has 0 radical (unpaired) electrons. The number of nitriles is 1. The van der Waals surface area contributed by atoms with Gasteiger partial charge in [-0.05, 0) is 50.1 Å². The SMILES string of the molecule is C[C@]1(C(=O)N2CC[C@H](F)C2)C[C@@](C)(c2cc(/C=C(\F)c3ccc(C#N)cn3)cnc2F)N=C(N)S1. The molecular weight excluding hydrogens is 477 g/mol. The van der Waals surface area contributed by atoms with Gasteiger partial charge in [0.2, 0.25) is 11.9 Å². The van der Waals surface area contributed by atoms with E-state index in [2.05, 4.69) is 15.0 Å². The standard InChI is InChI=1S/C24H23F3N6OS/c1-23(13-24(2,35-22(29)32-23)21(34)33-6-5-16(25)12-33)17-7-15(11-31-20(17)27)8-18(26)19-4-3-14(9-28)10-30-19/h3-4,7-8,10-11,16H,5-6,12-13H2,1-2H3,(H2,29,32)/b18-8-/t16-,23-,24+/m0/s1. The predicted molar refractivity (Wildman–Crippen MR) is 128 cm³/mol. The molecule has 182 valence electrons. The second-order valence-electron chi connectivity index (χ2n) is 9.01. The number of aromatic nitrogens is 2. The lowest BCUT2D eigenvalue weighted by molar-refractivity contribution is -0.133. The van der Waals surface area contributed by atoms with Crippen LogP contribution in [0.2, 0.25) is 0 Å². The Morgan fingerprint density at radius 3 is 2.74 bits per heavy atom. The predicted octanol–water partition coefficient (Wildman–Crippen LogP) is 3.95. The number of amidine groups is 1. The molecule has 2 aromatic heterocycles. The van der Waals surface area contributed by atoms with E-state index in [1.54, 1.807) is 13.8 Å². The fourth-order valence-electron chi connectivity index (χ4n) is 4.48. The van der Waals surface area contributed by atoms with Gasteiger partial charge in [0.1, 0.15) is 22.8 Å². The van der Waals surface area contributed by atoms with Crippen LogP contribution in [0.4, 0.5) is 13.2 Å². The van der Waals surface area contributed by atoms with Crippen molar-refractivity contribution in [3.05, 3.63) is 58.9 Å². The molecule has 2 N–H and O–H groups in total. The molecule has 0 bridgehead atoms. The van der Waals surface area contributed by atoms with E-state index >= 15 is 0 Å². The second-order valence-corrected chi connectivity index (χ2v) is 10.5. The Kier molecular flexibility index (Phi) is 6.60. The van der Waals surface area contributed by atoms with Crippen molar-refractivity contribution in [2.75, 3.05) is 13.1 Å². The van der Waals surface area contributed by atoms with Crippen molar-refractivity contribution in [2.45, 2.75) is 43.1 Å². The molecule has 11 heteroatoms. The highest BCUT2D eigenvalue weighted by molar-refractivity contribution is 8.15. The van der Waals surface area contributed by atoms with Crippen molar-refractivity contribution in [3.8, 4) is 6.07 Å². The summed E-state index contributed by atoms with van der Waals surface area (Å²) in [6.07, 6.45) is 2.86. The number of likely N-dealkylation sites (tertiary alicyclic amines) is 1. The molecule has 0 aromatic carbocycles. The Morgan fingerprint density at radius 2 is 2.11 bits per heavy atom. The summed E-state index contributed by atoms with van der Waals surface area (Å²) >= 11 is 1.07. The van der Waals surface area contributed by atoms with Gasteiger partial charge in [-0.2, -0.15) is 9.65 Å². The Hall–Kier alpha value is -3.39. The topological polar surface area (TPSA) is 108 Å². The number of alkyl halides is 1. The molecule has 2 aromatic rings. The van der Waals surface area contributed by atoms with Crippen molar-refractivity contribution in [1.29, 1.82) is 5.26 Å². The van der Waals surface area contributed by atoms with Crippen LogP contribution in [0.15, 0.2) is 35.6 Å². The highest BCUT2D eigenvalue weighted by atomic mass is 32.2. The van der Waals surface area contributed by atoms with Crippen LogP contribution in [-0.2, 0) is 10.3 Å². The first-order valence-electron chi connectivity index (χ1n) is 10.9.